The maximum atomic E-state index is 12.1. The van der Waals surface area contributed by atoms with E-state index in [0.29, 0.717) is 11.4 Å². The fourth-order valence-corrected chi connectivity index (χ4v) is 2.66. The summed E-state index contributed by atoms with van der Waals surface area (Å²) in [6.07, 6.45) is 4.95. The molecule has 24 heavy (non-hydrogen) atoms. The second kappa shape index (κ2) is 9.78. The van der Waals surface area contributed by atoms with E-state index in [4.69, 9.17) is 0 Å². The average molecular weight is 435 g/mol. The van der Waals surface area contributed by atoms with Crippen molar-refractivity contribution in [2.75, 3.05) is 36.4 Å². The van der Waals surface area contributed by atoms with Crippen molar-refractivity contribution in [3.8, 4) is 0 Å². The Balaban J connectivity index is 0.00000144. The molecule has 0 atom stereocenters. The third-order valence-electron chi connectivity index (χ3n) is 3.44. The Morgan fingerprint density at radius 1 is 1.17 bits per heavy atom. The molecular formula is C15H18BrCl2N5O. The van der Waals surface area contributed by atoms with Gasteiger partial charge in [0.15, 0.2) is 0 Å². The van der Waals surface area contributed by atoms with Crippen molar-refractivity contribution < 1.29 is 4.79 Å². The molecule has 3 rings (SSSR count). The Morgan fingerprint density at radius 2 is 1.92 bits per heavy atom. The summed E-state index contributed by atoms with van der Waals surface area (Å²) in [6, 6.07) is 5.52. The van der Waals surface area contributed by atoms with Crippen LogP contribution in [0.2, 0.25) is 0 Å². The highest BCUT2D eigenvalue weighted by Crippen LogP contribution is 2.16. The number of rotatable bonds is 3. The lowest BCUT2D eigenvalue weighted by atomic mass is 10.2. The molecule has 0 spiro atoms. The summed E-state index contributed by atoms with van der Waals surface area (Å²) < 4.78 is 0.766. The second-order valence-corrected chi connectivity index (χ2v) is 5.90. The Hall–Kier alpha value is -1.41. The smallest absolute Gasteiger partial charge is 0.258 e. The standard InChI is InChI=1S/C15H16BrN5O.2ClH/c16-12-7-11(8-18-9-12)15(22)20-14-2-1-13(10-19-14)21-5-3-17-4-6-21;;/h1-2,7-10,17H,3-6H2,(H,19,20,22);2*1H. The molecule has 3 heterocycles. The van der Waals surface area contributed by atoms with Crippen LogP contribution in [-0.2, 0) is 0 Å². The van der Waals surface area contributed by atoms with Crippen LogP contribution in [0.5, 0.6) is 0 Å². The number of hydrogen-bond acceptors (Lipinski definition) is 5. The molecule has 130 valence electrons. The molecule has 0 bridgehead atoms. The lowest BCUT2D eigenvalue weighted by Crippen LogP contribution is -2.43. The second-order valence-electron chi connectivity index (χ2n) is 4.98. The van der Waals surface area contributed by atoms with E-state index in [9.17, 15) is 4.79 Å². The van der Waals surface area contributed by atoms with E-state index in [1.807, 2.05) is 12.1 Å². The van der Waals surface area contributed by atoms with Crippen LogP contribution in [0, 0.1) is 0 Å². The first-order valence-corrected chi connectivity index (χ1v) is 7.85. The summed E-state index contributed by atoms with van der Waals surface area (Å²) in [6.45, 7) is 3.90. The minimum absolute atomic E-state index is 0. The number of carbonyl (C=O) groups excluding carboxylic acids is 1. The van der Waals surface area contributed by atoms with E-state index in [-0.39, 0.29) is 30.7 Å². The average Bonchev–Trinajstić information content (AvgIpc) is 2.56. The van der Waals surface area contributed by atoms with Crippen molar-refractivity contribution in [2.24, 2.45) is 0 Å². The zero-order valence-electron chi connectivity index (χ0n) is 12.7. The molecule has 9 heteroatoms. The van der Waals surface area contributed by atoms with Gasteiger partial charge in [-0.05, 0) is 34.1 Å². The van der Waals surface area contributed by atoms with Crippen molar-refractivity contribution in [3.63, 3.8) is 0 Å². The largest absolute Gasteiger partial charge is 0.368 e. The van der Waals surface area contributed by atoms with Gasteiger partial charge in [-0.1, -0.05) is 0 Å². The monoisotopic (exact) mass is 433 g/mol. The van der Waals surface area contributed by atoms with Crippen LogP contribution in [0.3, 0.4) is 0 Å². The minimum atomic E-state index is -0.226. The van der Waals surface area contributed by atoms with Gasteiger partial charge in [0, 0.05) is 43.0 Å². The summed E-state index contributed by atoms with van der Waals surface area (Å²) in [5.74, 6) is 0.306. The van der Waals surface area contributed by atoms with Crippen molar-refractivity contribution in [2.45, 2.75) is 0 Å². The number of amides is 1. The number of aromatic nitrogens is 2. The van der Waals surface area contributed by atoms with Crippen LogP contribution in [0.4, 0.5) is 11.5 Å². The zero-order chi connectivity index (χ0) is 15.4. The topological polar surface area (TPSA) is 70.2 Å². The number of hydrogen-bond donors (Lipinski definition) is 2. The van der Waals surface area contributed by atoms with Gasteiger partial charge in [0.05, 0.1) is 17.4 Å². The zero-order valence-corrected chi connectivity index (χ0v) is 16.0. The Bertz CT molecular complexity index is 665. The third-order valence-corrected chi connectivity index (χ3v) is 3.87. The predicted octanol–water partition coefficient (Wildman–Crippen LogP) is 2.74. The van der Waals surface area contributed by atoms with Gasteiger partial charge >= 0.3 is 0 Å². The molecule has 1 saturated heterocycles. The van der Waals surface area contributed by atoms with Crippen LogP contribution in [0.1, 0.15) is 10.4 Å². The molecule has 0 radical (unpaired) electrons. The van der Waals surface area contributed by atoms with Crippen LogP contribution < -0.4 is 15.5 Å². The number of anilines is 2. The SMILES string of the molecule is Cl.Cl.O=C(Nc1ccc(N2CCNCC2)cn1)c1cncc(Br)c1. The van der Waals surface area contributed by atoms with Gasteiger partial charge in [-0.2, -0.15) is 0 Å². The van der Waals surface area contributed by atoms with E-state index < -0.39 is 0 Å². The maximum Gasteiger partial charge on any atom is 0.258 e. The lowest BCUT2D eigenvalue weighted by molar-refractivity contribution is 0.102. The van der Waals surface area contributed by atoms with Crippen LogP contribution in [0.25, 0.3) is 0 Å². The van der Waals surface area contributed by atoms with Gasteiger partial charge in [0.1, 0.15) is 5.82 Å². The highest BCUT2D eigenvalue weighted by Gasteiger charge is 2.12. The molecule has 1 aliphatic rings. The summed E-state index contributed by atoms with van der Waals surface area (Å²) in [4.78, 5) is 22.7. The number of pyridine rings is 2. The Kier molecular flexibility index (Phi) is 8.41. The minimum Gasteiger partial charge on any atom is -0.368 e. The van der Waals surface area contributed by atoms with Gasteiger partial charge in [-0.3, -0.25) is 9.78 Å². The van der Waals surface area contributed by atoms with Gasteiger partial charge < -0.3 is 15.5 Å². The van der Waals surface area contributed by atoms with E-state index in [1.54, 1.807) is 18.5 Å². The van der Waals surface area contributed by atoms with Crippen molar-refractivity contribution >= 4 is 58.2 Å². The van der Waals surface area contributed by atoms with Crippen molar-refractivity contribution in [1.29, 1.82) is 0 Å². The lowest BCUT2D eigenvalue weighted by Gasteiger charge is -2.29. The molecule has 0 aliphatic carbocycles. The van der Waals surface area contributed by atoms with E-state index in [2.05, 4.69) is 41.4 Å². The van der Waals surface area contributed by atoms with Crippen molar-refractivity contribution in [1.82, 2.24) is 15.3 Å². The molecule has 2 N–H and O–H groups in total. The first-order chi connectivity index (χ1) is 10.7. The van der Waals surface area contributed by atoms with Gasteiger partial charge in [-0.25, -0.2) is 4.98 Å². The quantitative estimate of drug-likeness (QED) is 0.777. The van der Waals surface area contributed by atoms with Crippen molar-refractivity contribution in [3.05, 3.63) is 46.8 Å². The normalized spacial score (nSPS) is 13.5. The van der Waals surface area contributed by atoms with Gasteiger partial charge in [-0.15, -0.1) is 24.8 Å². The Labute approximate surface area is 161 Å². The highest BCUT2D eigenvalue weighted by atomic mass is 79.9. The molecule has 0 aromatic carbocycles. The van der Waals surface area contributed by atoms with Gasteiger partial charge in [0.2, 0.25) is 0 Å². The maximum absolute atomic E-state index is 12.1. The van der Waals surface area contributed by atoms with Gasteiger partial charge in [0.25, 0.3) is 5.91 Å². The molecule has 1 fully saturated rings. The molecule has 0 saturated carbocycles. The Morgan fingerprint density at radius 3 is 2.54 bits per heavy atom. The van der Waals surface area contributed by atoms with E-state index >= 15 is 0 Å². The summed E-state index contributed by atoms with van der Waals surface area (Å²) in [5, 5.41) is 6.09. The molecule has 6 nitrogen and oxygen atoms in total. The molecule has 1 amide bonds. The fourth-order valence-electron chi connectivity index (χ4n) is 2.29. The molecule has 2 aromatic heterocycles. The molecule has 0 unspecified atom stereocenters. The predicted molar refractivity (Wildman–Crippen MR) is 104 cm³/mol. The van der Waals surface area contributed by atoms with Crippen LogP contribution in [0.15, 0.2) is 41.3 Å². The molecular weight excluding hydrogens is 417 g/mol. The first kappa shape index (κ1) is 20.6. The van der Waals surface area contributed by atoms with E-state index in [1.165, 1.54) is 6.20 Å². The summed E-state index contributed by atoms with van der Waals surface area (Å²) in [5.41, 5.74) is 1.56. The molecule has 1 aliphatic heterocycles. The summed E-state index contributed by atoms with van der Waals surface area (Å²) >= 11 is 3.30. The highest BCUT2D eigenvalue weighted by molar-refractivity contribution is 9.10. The number of nitrogens with zero attached hydrogens (tertiary/aromatic N) is 3. The number of carbonyl (C=O) groups is 1. The van der Waals surface area contributed by atoms with Crippen LogP contribution in [-0.4, -0.2) is 42.1 Å². The first-order valence-electron chi connectivity index (χ1n) is 7.06. The van der Waals surface area contributed by atoms with E-state index in [0.717, 1.165) is 36.3 Å². The molecule has 2 aromatic rings. The number of halogens is 3. The third kappa shape index (κ3) is 5.31. The number of piperazine rings is 1. The summed E-state index contributed by atoms with van der Waals surface area (Å²) in [7, 11) is 0. The number of nitrogens with one attached hydrogen (secondary N) is 2. The fraction of sp³-hybridized carbons (Fsp3) is 0.267. The van der Waals surface area contributed by atoms with Crippen LogP contribution >= 0.6 is 40.7 Å².